The highest BCUT2D eigenvalue weighted by molar-refractivity contribution is 5.26. The van der Waals surface area contributed by atoms with Crippen molar-refractivity contribution in [2.24, 2.45) is 7.05 Å². The molecule has 0 saturated heterocycles. The summed E-state index contributed by atoms with van der Waals surface area (Å²) in [5.74, 6) is 0.154. The highest BCUT2D eigenvalue weighted by atomic mass is 19.1. The van der Waals surface area contributed by atoms with Crippen LogP contribution in [0.3, 0.4) is 0 Å². The first-order valence-corrected chi connectivity index (χ1v) is 7.72. The summed E-state index contributed by atoms with van der Waals surface area (Å²) < 4.78 is 20.5. The monoisotopic (exact) mass is 303 g/mol. The van der Waals surface area contributed by atoms with Gasteiger partial charge in [-0.2, -0.15) is 5.10 Å². The lowest BCUT2D eigenvalue weighted by Crippen LogP contribution is -2.34. The molecule has 1 aromatic heterocycles. The van der Waals surface area contributed by atoms with E-state index < -0.39 is 0 Å². The summed E-state index contributed by atoms with van der Waals surface area (Å²) in [4.78, 5) is 2.35. The molecule has 4 nitrogen and oxygen atoms in total. The Balaban J connectivity index is 1.75. The Morgan fingerprint density at radius 1 is 1.32 bits per heavy atom. The van der Waals surface area contributed by atoms with Gasteiger partial charge in [0.25, 0.3) is 0 Å². The molecule has 0 fully saturated rings. The molecule has 1 aromatic carbocycles. The molecule has 2 heterocycles. The standard InChI is InChI=1S/C17H22FN3O/c1-3-22-12-14-9-21(8-13-4-6-15(18)7-5-13)11-17-16(14)10-20(2)19-17/h4-7,10,14H,3,8-9,11-12H2,1-2H3. The van der Waals surface area contributed by atoms with Crippen LogP contribution in [0, 0.1) is 5.82 Å². The van der Waals surface area contributed by atoms with E-state index in [0.29, 0.717) is 5.92 Å². The maximum Gasteiger partial charge on any atom is 0.123 e. The lowest BCUT2D eigenvalue weighted by molar-refractivity contribution is 0.105. The first-order chi connectivity index (χ1) is 10.7. The van der Waals surface area contributed by atoms with E-state index in [1.807, 2.05) is 30.8 Å². The third kappa shape index (κ3) is 3.36. The van der Waals surface area contributed by atoms with Crippen LogP contribution in [0.15, 0.2) is 30.5 Å². The first kappa shape index (κ1) is 15.2. The topological polar surface area (TPSA) is 30.3 Å². The fourth-order valence-electron chi connectivity index (χ4n) is 3.07. The van der Waals surface area contributed by atoms with E-state index in [4.69, 9.17) is 4.74 Å². The van der Waals surface area contributed by atoms with Crippen LogP contribution in [-0.2, 0) is 24.9 Å². The molecule has 118 valence electrons. The molecular formula is C17H22FN3O. The summed E-state index contributed by atoms with van der Waals surface area (Å²) in [6, 6.07) is 6.73. The van der Waals surface area contributed by atoms with Gasteiger partial charge in [-0.1, -0.05) is 12.1 Å². The molecule has 1 aliphatic rings. The maximum absolute atomic E-state index is 13.0. The van der Waals surface area contributed by atoms with E-state index >= 15 is 0 Å². The van der Waals surface area contributed by atoms with Crippen molar-refractivity contribution in [3.8, 4) is 0 Å². The second kappa shape index (κ2) is 6.58. The fourth-order valence-corrected chi connectivity index (χ4v) is 3.07. The Labute approximate surface area is 130 Å². The second-order valence-electron chi connectivity index (χ2n) is 5.86. The molecule has 2 aromatic rings. The number of nitrogens with zero attached hydrogens (tertiary/aromatic N) is 3. The number of halogens is 1. The van der Waals surface area contributed by atoms with Gasteiger partial charge in [0.2, 0.25) is 0 Å². The SMILES string of the molecule is CCOCC1CN(Cc2ccc(F)cc2)Cc2nn(C)cc21. The summed E-state index contributed by atoms with van der Waals surface area (Å²) >= 11 is 0. The van der Waals surface area contributed by atoms with Crippen molar-refractivity contribution >= 4 is 0 Å². The van der Waals surface area contributed by atoms with Crippen molar-refractivity contribution < 1.29 is 9.13 Å². The van der Waals surface area contributed by atoms with Crippen molar-refractivity contribution in [3.05, 3.63) is 53.1 Å². The Bertz CT molecular complexity index is 623. The van der Waals surface area contributed by atoms with Gasteiger partial charge in [-0.25, -0.2) is 4.39 Å². The average molecular weight is 303 g/mol. The van der Waals surface area contributed by atoms with Crippen LogP contribution in [0.5, 0.6) is 0 Å². The Hall–Kier alpha value is -1.72. The molecule has 0 bridgehead atoms. The summed E-state index contributed by atoms with van der Waals surface area (Å²) in [5, 5.41) is 4.57. The minimum atomic E-state index is -0.191. The molecule has 0 aliphatic carbocycles. The van der Waals surface area contributed by atoms with Crippen LogP contribution in [-0.4, -0.2) is 34.4 Å². The molecule has 1 atom stereocenters. The zero-order chi connectivity index (χ0) is 15.5. The number of aryl methyl sites for hydroxylation is 1. The summed E-state index contributed by atoms with van der Waals surface area (Å²) in [6.45, 7) is 6.04. The third-order valence-corrected chi connectivity index (χ3v) is 4.07. The number of rotatable bonds is 5. The van der Waals surface area contributed by atoms with Crippen molar-refractivity contribution in [2.45, 2.75) is 25.9 Å². The predicted octanol–water partition coefficient (Wildman–Crippen LogP) is 2.70. The van der Waals surface area contributed by atoms with Gasteiger partial charge in [-0.05, 0) is 24.6 Å². The molecule has 5 heteroatoms. The molecule has 0 spiro atoms. The Morgan fingerprint density at radius 3 is 2.82 bits per heavy atom. The molecule has 3 rings (SSSR count). The van der Waals surface area contributed by atoms with E-state index in [-0.39, 0.29) is 5.82 Å². The highest BCUT2D eigenvalue weighted by Crippen LogP contribution is 2.28. The normalized spacial score (nSPS) is 18.4. The van der Waals surface area contributed by atoms with Crippen LogP contribution in [0.25, 0.3) is 0 Å². The lowest BCUT2D eigenvalue weighted by atomic mass is 9.95. The molecular weight excluding hydrogens is 281 g/mol. The lowest BCUT2D eigenvalue weighted by Gasteiger charge is -2.32. The number of ether oxygens (including phenoxy) is 1. The minimum Gasteiger partial charge on any atom is -0.381 e. The van der Waals surface area contributed by atoms with E-state index in [1.54, 1.807) is 0 Å². The fraction of sp³-hybridized carbons (Fsp3) is 0.471. The third-order valence-electron chi connectivity index (χ3n) is 4.07. The average Bonchev–Trinajstić information content (AvgIpc) is 2.87. The Kier molecular flexibility index (Phi) is 4.55. The number of aromatic nitrogens is 2. The van der Waals surface area contributed by atoms with Gasteiger partial charge in [0, 0.05) is 51.0 Å². The van der Waals surface area contributed by atoms with E-state index in [9.17, 15) is 4.39 Å². The van der Waals surface area contributed by atoms with Crippen molar-refractivity contribution in [1.29, 1.82) is 0 Å². The number of benzene rings is 1. The van der Waals surface area contributed by atoms with Crippen molar-refractivity contribution in [1.82, 2.24) is 14.7 Å². The van der Waals surface area contributed by atoms with Gasteiger partial charge in [-0.3, -0.25) is 9.58 Å². The number of hydrogen-bond donors (Lipinski definition) is 0. The van der Waals surface area contributed by atoms with Crippen molar-refractivity contribution in [2.75, 3.05) is 19.8 Å². The summed E-state index contributed by atoms with van der Waals surface area (Å²) in [6.07, 6.45) is 2.11. The first-order valence-electron chi connectivity index (χ1n) is 7.72. The van der Waals surface area contributed by atoms with Gasteiger partial charge in [-0.15, -0.1) is 0 Å². The largest absolute Gasteiger partial charge is 0.381 e. The predicted molar refractivity (Wildman–Crippen MR) is 83.0 cm³/mol. The number of fused-ring (bicyclic) bond motifs is 1. The minimum absolute atomic E-state index is 0.191. The van der Waals surface area contributed by atoms with Crippen LogP contribution >= 0.6 is 0 Å². The smallest absolute Gasteiger partial charge is 0.123 e. The van der Waals surface area contributed by atoms with Gasteiger partial charge in [0.05, 0.1) is 12.3 Å². The van der Waals surface area contributed by atoms with Crippen molar-refractivity contribution in [3.63, 3.8) is 0 Å². The molecule has 0 N–H and O–H groups in total. The van der Waals surface area contributed by atoms with Crippen LogP contribution in [0.2, 0.25) is 0 Å². The van der Waals surface area contributed by atoms with E-state index in [2.05, 4.69) is 16.2 Å². The van der Waals surface area contributed by atoms with Gasteiger partial charge >= 0.3 is 0 Å². The molecule has 1 unspecified atom stereocenters. The van der Waals surface area contributed by atoms with E-state index in [0.717, 1.165) is 44.1 Å². The Morgan fingerprint density at radius 2 is 2.09 bits per heavy atom. The molecule has 0 amide bonds. The van der Waals surface area contributed by atoms with E-state index in [1.165, 1.54) is 17.7 Å². The zero-order valence-electron chi connectivity index (χ0n) is 13.1. The molecule has 1 aliphatic heterocycles. The number of hydrogen-bond acceptors (Lipinski definition) is 3. The molecule has 22 heavy (non-hydrogen) atoms. The highest BCUT2D eigenvalue weighted by Gasteiger charge is 2.28. The summed E-state index contributed by atoms with van der Waals surface area (Å²) in [7, 11) is 1.96. The zero-order valence-corrected chi connectivity index (χ0v) is 13.1. The van der Waals surface area contributed by atoms with Crippen LogP contribution < -0.4 is 0 Å². The van der Waals surface area contributed by atoms with Gasteiger partial charge in [0.1, 0.15) is 5.82 Å². The maximum atomic E-state index is 13.0. The quantitative estimate of drug-likeness (QED) is 0.851. The van der Waals surface area contributed by atoms with Crippen LogP contribution in [0.1, 0.15) is 29.7 Å². The molecule has 0 saturated carbocycles. The molecule has 0 radical (unpaired) electrons. The van der Waals surface area contributed by atoms with Crippen LogP contribution in [0.4, 0.5) is 4.39 Å². The summed E-state index contributed by atoms with van der Waals surface area (Å²) in [5.41, 5.74) is 3.54. The second-order valence-corrected chi connectivity index (χ2v) is 5.86. The van der Waals surface area contributed by atoms with Gasteiger partial charge in [0.15, 0.2) is 0 Å². The van der Waals surface area contributed by atoms with Gasteiger partial charge < -0.3 is 4.74 Å².